The molecule has 2 nitrogen and oxygen atoms in total. The average Bonchev–Trinajstić information content (AvgIpc) is 2.57. The molecule has 1 unspecified atom stereocenters. The molecule has 26 heavy (non-hydrogen) atoms. The Morgan fingerprint density at radius 1 is 1.08 bits per heavy atom. The van der Waals surface area contributed by atoms with Crippen LogP contribution in [0, 0.1) is 6.92 Å². The molecule has 2 rings (SSSR count). The van der Waals surface area contributed by atoms with Crippen LogP contribution >= 0.6 is 31.8 Å². The van der Waals surface area contributed by atoms with Crippen LogP contribution in [0.15, 0.2) is 36.4 Å². The Morgan fingerprint density at radius 2 is 1.77 bits per heavy atom. The summed E-state index contributed by atoms with van der Waals surface area (Å²) in [4.78, 5) is 12.6. The van der Waals surface area contributed by atoms with Gasteiger partial charge in [-0.25, -0.2) is 0 Å². The third-order valence-electron chi connectivity index (χ3n) is 3.90. The molecule has 6 heteroatoms. The molecule has 0 N–H and O–H groups in total. The van der Waals surface area contributed by atoms with E-state index in [1.807, 2.05) is 25.1 Å². The van der Waals surface area contributed by atoms with Gasteiger partial charge in [0, 0.05) is 0 Å². The van der Waals surface area contributed by atoms with Crippen LogP contribution in [0.2, 0.25) is 10.0 Å². The first-order valence-electron chi connectivity index (χ1n) is 8.51. The van der Waals surface area contributed by atoms with E-state index in [0.29, 0.717) is 15.6 Å². The fraction of sp³-hybridized carbons (Fsp3) is 0.350. The number of ether oxygens (including phenoxy) is 1. The normalized spacial score (nSPS) is 10.8. The van der Waals surface area contributed by atoms with E-state index in [1.54, 1.807) is 18.2 Å². The molecule has 0 spiro atoms. The van der Waals surface area contributed by atoms with Crippen LogP contribution in [0.25, 0.3) is 0 Å². The summed E-state index contributed by atoms with van der Waals surface area (Å²) in [5.74, 6) is 0.853. The van der Waals surface area contributed by atoms with Crippen molar-refractivity contribution in [3.8, 4) is 5.75 Å². The molecule has 0 amide bonds. The average molecular weight is 405 g/mol. The number of hydrogen-bond donors (Lipinski definition) is 0. The number of hydrogen-bond acceptors (Lipinski definition) is 2. The molecule has 0 saturated heterocycles. The van der Waals surface area contributed by atoms with Gasteiger partial charge < -0.3 is 4.74 Å². The Hall–Kier alpha value is -0.483. The predicted molar refractivity (Wildman–Crippen MR) is 117 cm³/mol. The van der Waals surface area contributed by atoms with Crippen LogP contribution in [-0.4, -0.2) is 31.0 Å². The number of rotatable bonds is 9. The van der Waals surface area contributed by atoms with Gasteiger partial charge in [0.15, 0.2) is 5.52 Å². The summed E-state index contributed by atoms with van der Waals surface area (Å²) in [6.07, 6.45) is 4.73. The fourth-order valence-corrected chi connectivity index (χ4v) is 4.29. The van der Waals surface area contributed by atoms with Gasteiger partial charge in [-0.15, -0.1) is 0 Å². The summed E-state index contributed by atoms with van der Waals surface area (Å²) in [6.45, 7) is 4.92. The van der Waals surface area contributed by atoms with Gasteiger partial charge in [-0.3, -0.25) is 4.79 Å². The second-order valence-electron chi connectivity index (χ2n) is 5.94. The first-order chi connectivity index (χ1) is 12.0. The molecule has 0 heterocycles. The molecule has 0 bridgehead atoms. The topological polar surface area (TPSA) is 26.3 Å². The van der Waals surface area contributed by atoms with Gasteiger partial charge in [0.1, 0.15) is 5.75 Å². The van der Waals surface area contributed by atoms with E-state index in [4.69, 9.17) is 27.9 Å². The Kier molecular flexibility index (Phi) is 10.9. The molecule has 0 radical (unpaired) electrons. The summed E-state index contributed by atoms with van der Waals surface area (Å²) in [5, 5.41) is 1.78. The Balaban J connectivity index is 0.00000338. The van der Waals surface area contributed by atoms with Crippen molar-refractivity contribution < 1.29 is 9.53 Å². The van der Waals surface area contributed by atoms with Crippen LogP contribution < -0.4 is 10.0 Å². The maximum atomic E-state index is 12.6. The molecule has 0 aliphatic carbocycles. The van der Waals surface area contributed by atoms with Gasteiger partial charge in [0.2, 0.25) is 0 Å². The van der Waals surface area contributed by atoms with E-state index in [1.165, 1.54) is 19.3 Å². The molecule has 136 valence electrons. The number of carbonyl (C=O) groups is 1. The molecule has 0 fully saturated rings. The maximum absolute atomic E-state index is 12.6. The van der Waals surface area contributed by atoms with E-state index >= 15 is 0 Å². The summed E-state index contributed by atoms with van der Waals surface area (Å²) in [6, 6.07) is 11.0. The predicted octanol–water partition coefficient (Wildman–Crippen LogP) is 5.76. The van der Waals surface area contributed by atoms with Gasteiger partial charge in [-0.05, 0) is 57.1 Å². The van der Waals surface area contributed by atoms with Crippen molar-refractivity contribution >= 4 is 61.5 Å². The number of unbranched alkanes of at least 4 members (excludes halogenated alkanes) is 3. The quantitative estimate of drug-likeness (QED) is 0.301. The second-order valence-corrected chi connectivity index (χ2v) is 7.99. The number of benzene rings is 2. The van der Waals surface area contributed by atoms with Crippen LogP contribution in [0.4, 0.5) is 0 Å². The second kappa shape index (κ2) is 12.1. The summed E-state index contributed by atoms with van der Waals surface area (Å²) < 4.78 is 5.79. The van der Waals surface area contributed by atoms with Gasteiger partial charge in [-0.2, -0.15) is 0 Å². The van der Waals surface area contributed by atoms with Crippen LogP contribution in [0.1, 0.15) is 48.5 Å². The van der Waals surface area contributed by atoms with Crippen molar-refractivity contribution in [1.82, 2.24) is 0 Å². The van der Waals surface area contributed by atoms with Crippen molar-refractivity contribution in [2.75, 3.05) is 6.61 Å². The molecular weight excluding hydrogens is 381 g/mol. The molecule has 0 aliphatic rings. The SMILES string of the molecule is CCCCCCOc1ccc(PC(=O)c2c(Cl)cccc2Cl)c(C)c1.[LiH]. The van der Waals surface area contributed by atoms with Gasteiger partial charge >= 0.3 is 18.9 Å². The van der Waals surface area contributed by atoms with E-state index in [0.717, 1.165) is 29.6 Å². The van der Waals surface area contributed by atoms with Crippen molar-refractivity contribution in [2.45, 2.75) is 39.5 Å². The molecule has 0 saturated carbocycles. The molecule has 2 aromatic rings. The van der Waals surface area contributed by atoms with E-state index in [2.05, 4.69) is 6.92 Å². The Labute approximate surface area is 180 Å². The number of carbonyl (C=O) groups excluding carboxylic acids is 1. The van der Waals surface area contributed by atoms with E-state index in [-0.39, 0.29) is 33.0 Å². The molecule has 0 aliphatic heterocycles. The summed E-state index contributed by atoms with van der Waals surface area (Å²) in [5.41, 5.74) is 1.40. The van der Waals surface area contributed by atoms with E-state index in [9.17, 15) is 4.79 Å². The zero-order chi connectivity index (χ0) is 18.2. The monoisotopic (exact) mass is 404 g/mol. The van der Waals surface area contributed by atoms with Gasteiger partial charge in [0.25, 0.3) is 0 Å². The summed E-state index contributed by atoms with van der Waals surface area (Å²) in [7, 11) is -0.0174. The third-order valence-corrected chi connectivity index (χ3v) is 5.84. The van der Waals surface area contributed by atoms with Crippen LogP contribution in [0.5, 0.6) is 5.75 Å². The number of halogens is 2. The standard InChI is InChI=1S/C20H23Cl2O2P.Li.H/c1-3-4-5-6-12-24-15-10-11-18(14(2)13-15)25-20(23)19-16(21)8-7-9-17(19)22;;/h7-11,13,25H,3-6,12H2,1-2H3;;. The van der Waals surface area contributed by atoms with Gasteiger partial charge in [-0.1, -0.05) is 61.5 Å². The first-order valence-corrected chi connectivity index (χ1v) is 10.3. The Morgan fingerprint density at radius 3 is 2.38 bits per heavy atom. The zero-order valence-corrected chi connectivity index (χ0v) is 17.1. The summed E-state index contributed by atoms with van der Waals surface area (Å²) >= 11 is 12.3. The van der Waals surface area contributed by atoms with Crippen molar-refractivity contribution in [2.24, 2.45) is 0 Å². The van der Waals surface area contributed by atoms with Crippen molar-refractivity contribution in [1.29, 1.82) is 0 Å². The van der Waals surface area contributed by atoms with E-state index < -0.39 is 0 Å². The first kappa shape index (κ1) is 23.6. The zero-order valence-electron chi connectivity index (χ0n) is 14.6. The van der Waals surface area contributed by atoms with Crippen LogP contribution in [0.3, 0.4) is 0 Å². The van der Waals surface area contributed by atoms with Crippen molar-refractivity contribution in [3.63, 3.8) is 0 Å². The van der Waals surface area contributed by atoms with Crippen LogP contribution in [-0.2, 0) is 0 Å². The third kappa shape index (κ3) is 6.92. The fourth-order valence-electron chi connectivity index (χ4n) is 2.48. The molecular formula is C20H24Cl2LiO2P. The molecule has 2 aromatic carbocycles. The molecule has 1 atom stereocenters. The number of aryl methyl sites for hydroxylation is 1. The minimum absolute atomic E-state index is 0. The Bertz CT molecular complexity index is 717. The minimum atomic E-state index is -0.0491. The molecule has 0 aromatic heterocycles. The van der Waals surface area contributed by atoms with Crippen molar-refractivity contribution in [3.05, 3.63) is 57.6 Å². The van der Waals surface area contributed by atoms with Gasteiger partial charge in [0.05, 0.1) is 22.2 Å².